The summed E-state index contributed by atoms with van der Waals surface area (Å²) in [6.07, 6.45) is 0. The monoisotopic (exact) mass is 286 g/mol. The Morgan fingerprint density at radius 2 is 2.22 bits per heavy atom. The van der Waals surface area contributed by atoms with E-state index in [9.17, 15) is 4.39 Å². The molecule has 96 valence electrons. The second-order valence-electron chi connectivity index (χ2n) is 3.66. The maximum atomic E-state index is 13.3. The predicted molar refractivity (Wildman–Crippen MR) is 69.9 cm³/mol. The van der Waals surface area contributed by atoms with Crippen LogP contribution in [0.1, 0.15) is 11.4 Å². The molecule has 0 atom stereocenters. The summed E-state index contributed by atoms with van der Waals surface area (Å²) in [6, 6.07) is 4.77. The molecule has 18 heavy (non-hydrogen) atoms. The Kier molecular flexibility index (Phi) is 4.21. The smallest absolute Gasteiger partial charge is 0.191 e. The van der Waals surface area contributed by atoms with Gasteiger partial charge in [-0.1, -0.05) is 35.5 Å². The highest BCUT2D eigenvalue weighted by Crippen LogP contribution is 2.27. The Bertz CT molecular complexity index is 558. The summed E-state index contributed by atoms with van der Waals surface area (Å²) in [7, 11) is 1.84. The zero-order chi connectivity index (χ0) is 13.1. The number of nitrogens with two attached hydrogens (primary N) is 1. The third kappa shape index (κ3) is 2.66. The van der Waals surface area contributed by atoms with Gasteiger partial charge < -0.3 is 10.3 Å². The highest BCUT2D eigenvalue weighted by molar-refractivity contribution is 7.98. The molecule has 0 bridgehead atoms. The molecule has 0 amide bonds. The van der Waals surface area contributed by atoms with Crippen LogP contribution in [0.4, 0.5) is 4.39 Å². The highest BCUT2D eigenvalue weighted by Gasteiger charge is 2.10. The first-order valence-electron chi connectivity index (χ1n) is 5.27. The van der Waals surface area contributed by atoms with Crippen molar-refractivity contribution in [3.05, 3.63) is 40.4 Å². The first-order valence-corrected chi connectivity index (χ1v) is 6.64. The molecule has 0 unspecified atom stereocenters. The van der Waals surface area contributed by atoms with Crippen molar-refractivity contribution in [2.45, 2.75) is 17.5 Å². The van der Waals surface area contributed by atoms with Crippen molar-refractivity contribution in [2.75, 3.05) is 0 Å². The number of nitrogens with zero attached hydrogens (tertiary/aromatic N) is 3. The first kappa shape index (κ1) is 13.3. The predicted octanol–water partition coefficient (Wildman–Crippen LogP) is 2.36. The van der Waals surface area contributed by atoms with Gasteiger partial charge in [0.2, 0.25) is 0 Å². The molecule has 0 radical (unpaired) electrons. The topological polar surface area (TPSA) is 56.7 Å². The molecule has 2 aromatic rings. The van der Waals surface area contributed by atoms with E-state index in [1.165, 1.54) is 17.8 Å². The quantitative estimate of drug-likeness (QED) is 0.877. The minimum absolute atomic E-state index is 0.159. The fourth-order valence-electron chi connectivity index (χ4n) is 1.45. The van der Waals surface area contributed by atoms with E-state index in [-0.39, 0.29) is 5.02 Å². The van der Waals surface area contributed by atoms with E-state index in [1.54, 1.807) is 12.1 Å². The van der Waals surface area contributed by atoms with Crippen molar-refractivity contribution in [1.29, 1.82) is 0 Å². The molecule has 2 rings (SSSR count). The van der Waals surface area contributed by atoms with E-state index < -0.39 is 5.82 Å². The molecule has 0 aliphatic heterocycles. The standard InChI is InChI=1S/C11H12ClFN4S/c1-17-9(5-14)15-16-11(17)18-6-7-3-2-4-8(13)10(7)12/h2-4H,5-6,14H2,1H3. The van der Waals surface area contributed by atoms with Crippen LogP contribution in [-0.4, -0.2) is 14.8 Å². The fraction of sp³-hybridized carbons (Fsp3) is 0.273. The molecule has 0 spiro atoms. The van der Waals surface area contributed by atoms with Gasteiger partial charge in [0.25, 0.3) is 0 Å². The summed E-state index contributed by atoms with van der Waals surface area (Å²) >= 11 is 7.32. The van der Waals surface area contributed by atoms with E-state index in [0.717, 1.165) is 10.7 Å². The van der Waals surface area contributed by atoms with Gasteiger partial charge in [-0.3, -0.25) is 0 Å². The molecule has 4 nitrogen and oxygen atoms in total. The van der Waals surface area contributed by atoms with Crippen molar-refractivity contribution in [3.63, 3.8) is 0 Å². The molecule has 2 N–H and O–H groups in total. The molecular weight excluding hydrogens is 275 g/mol. The van der Waals surface area contributed by atoms with Gasteiger partial charge in [-0.05, 0) is 11.6 Å². The van der Waals surface area contributed by atoms with E-state index in [0.29, 0.717) is 18.1 Å². The third-order valence-corrected chi connectivity index (χ3v) is 3.99. The summed E-state index contributed by atoms with van der Waals surface area (Å²) in [5, 5.41) is 8.85. The lowest BCUT2D eigenvalue weighted by molar-refractivity contribution is 0.627. The van der Waals surface area contributed by atoms with E-state index in [4.69, 9.17) is 17.3 Å². The molecule has 0 aliphatic rings. The zero-order valence-electron chi connectivity index (χ0n) is 9.73. The largest absolute Gasteiger partial charge is 0.324 e. The number of thioether (sulfide) groups is 1. The summed E-state index contributed by atoms with van der Waals surface area (Å²) in [4.78, 5) is 0. The number of benzene rings is 1. The third-order valence-electron chi connectivity index (χ3n) is 2.50. The molecule has 1 aromatic heterocycles. The van der Waals surface area contributed by atoms with Gasteiger partial charge in [-0.25, -0.2) is 4.39 Å². The lowest BCUT2D eigenvalue weighted by Gasteiger charge is -2.05. The van der Waals surface area contributed by atoms with Gasteiger partial charge >= 0.3 is 0 Å². The van der Waals surface area contributed by atoms with Gasteiger partial charge in [-0.15, -0.1) is 10.2 Å². The minimum atomic E-state index is -0.407. The summed E-state index contributed by atoms with van der Waals surface area (Å²) in [5.41, 5.74) is 6.25. The average molecular weight is 287 g/mol. The van der Waals surface area contributed by atoms with Gasteiger partial charge in [0.1, 0.15) is 11.6 Å². The Morgan fingerprint density at radius 1 is 1.44 bits per heavy atom. The SMILES string of the molecule is Cn1c(CN)nnc1SCc1cccc(F)c1Cl. The Hall–Kier alpha value is -1.11. The van der Waals surface area contributed by atoms with Crippen LogP contribution in [0.3, 0.4) is 0 Å². The van der Waals surface area contributed by atoms with E-state index in [1.807, 2.05) is 11.6 Å². The highest BCUT2D eigenvalue weighted by atomic mass is 35.5. The zero-order valence-corrected chi connectivity index (χ0v) is 11.3. The van der Waals surface area contributed by atoms with Crippen LogP contribution in [0.15, 0.2) is 23.4 Å². The Morgan fingerprint density at radius 3 is 2.89 bits per heavy atom. The van der Waals surface area contributed by atoms with Gasteiger partial charge in [0, 0.05) is 12.8 Å². The van der Waals surface area contributed by atoms with Crippen molar-refractivity contribution >= 4 is 23.4 Å². The van der Waals surface area contributed by atoms with Crippen molar-refractivity contribution < 1.29 is 4.39 Å². The maximum Gasteiger partial charge on any atom is 0.191 e. The van der Waals surface area contributed by atoms with Gasteiger partial charge in [0.15, 0.2) is 5.16 Å². The van der Waals surface area contributed by atoms with Crippen LogP contribution < -0.4 is 5.73 Å². The number of hydrogen-bond acceptors (Lipinski definition) is 4. The van der Waals surface area contributed by atoms with Crippen molar-refractivity contribution in [1.82, 2.24) is 14.8 Å². The summed E-state index contributed by atoms with van der Waals surface area (Å²) in [6.45, 7) is 0.338. The number of rotatable bonds is 4. The van der Waals surface area contributed by atoms with E-state index >= 15 is 0 Å². The average Bonchev–Trinajstić information content (AvgIpc) is 2.72. The van der Waals surface area contributed by atoms with Crippen LogP contribution >= 0.6 is 23.4 Å². The normalized spacial score (nSPS) is 10.9. The maximum absolute atomic E-state index is 13.3. The molecule has 7 heteroatoms. The van der Waals surface area contributed by atoms with Crippen LogP contribution in [0, 0.1) is 5.82 Å². The van der Waals surface area contributed by atoms with Crippen LogP contribution in [0.5, 0.6) is 0 Å². The van der Waals surface area contributed by atoms with Crippen LogP contribution in [0.25, 0.3) is 0 Å². The Labute approximate surface area is 113 Å². The molecule has 0 saturated heterocycles. The fourth-order valence-corrected chi connectivity index (χ4v) is 2.65. The molecular formula is C11H12ClFN4S. The summed E-state index contributed by atoms with van der Waals surface area (Å²) < 4.78 is 15.1. The first-order chi connectivity index (χ1) is 8.63. The molecule has 0 saturated carbocycles. The lowest BCUT2D eigenvalue weighted by Crippen LogP contribution is -2.05. The van der Waals surface area contributed by atoms with Crippen molar-refractivity contribution in [2.24, 2.45) is 12.8 Å². The number of hydrogen-bond donors (Lipinski definition) is 1. The molecule has 0 aliphatic carbocycles. The molecule has 1 aromatic carbocycles. The second-order valence-corrected chi connectivity index (χ2v) is 4.98. The van der Waals surface area contributed by atoms with Crippen molar-refractivity contribution in [3.8, 4) is 0 Å². The second kappa shape index (κ2) is 5.69. The van der Waals surface area contributed by atoms with Gasteiger partial charge in [-0.2, -0.15) is 0 Å². The molecule has 0 fully saturated rings. The summed E-state index contributed by atoms with van der Waals surface area (Å²) in [5.74, 6) is 0.839. The van der Waals surface area contributed by atoms with Gasteiger partial charge in [0.05, 0.1) is 11.6 Å². The number of halogens is 2. The van der Waals surface area contributed by atoms with Crippen LogP contribution in [0.2, 0.25) is 5.02 Å². The lowest BCUT2D eigenvalue weighted by atomic mass is 10.2. The Balaban J connectivity index is 2.11. The minimum Gasteiger partial charge on any atom is -0.324 e. The van der Waals surface area contributed by atoms with Crippen LogP contribution in [-0.2, 0) is 19.3 Å². The molecule has 1 heterocycles. The van der Waals surface area contributed by atoms with E-state index in [2.05, 4.69) is 10.2 Å². The number of aromatic nitrogens is 3.